The van der Waals surface area contributed by atoms with Crippen LogP contribution in [0.4, 0.5) is 4.39 Å². The molecule has 210 valence electrons. The molecule has 10 heteroatoms. The Morgan fingerprint density at radius 3 is 2.62 bits per heavy atom. The smallest absolute Gasteiger partial charge is 0.338 e. The van der Waals surface area contributed by atoms with Gasteiger partial charge in [0, 0.05) is 17.3 Å². The van der Waals surface area contributed by atoms with Crippen LogP contribution in [0.3, 0.4) is 0 Å². The first kappa shape index (κ1) is 27.9. The normalized spacial score (nSPS) is 39.3. The summed E-state index contributed by atoms with van der Waals surface area (Å²) in [6.45, 7) is 5.03. The lowest BCUT2D eigenvalue weighted by Gasteiger charge is -2.61. The maximum absolute atomic E-state index is 17.2. The van der Waals surface area contributed by atoms with E-state index in [0.29, 0.717) is 24.8 Å². The second-order valence-corrected chi connectivity index (χ2v) is 13.5. The molecule has 0 aromatic heterocycles. The number of ether oxygens (including phenoxy) is 1. The lowest BCUT2D eigenvalue weighted by atomic mass is 9.45. The topological polar surface area (TPSA) is 135 Å². The van der Waals surface area contributed by atoms with E-state index in [9.17, 15) is 32.5 Å². The van der Waals surface area contributed by atoms with Crippen molar-refractivity contribution in [1.29, 1.82) is 0 Å². The predicted octanol–water partition coefficient (Wildman–Crippen LogP) is 3.89. The zero-order valence-electron chi connectivity index (χ0n) is 22.1. The van der Waals surface area contributed by atoms with Crippen molar-refractivity contribution in [2.24, 2.45) is 34.5 Å². The molecular weight excluding hydrogens is 527 g/mol. The van der Waals surface area contributed by atoms with Crippen LogP contribution in [0.5, 0.6) is 0 Å². The number of rotatable bonds is 5. The molecule has 39 heavy (non-hydrogen) atoms. The van der Waals surface area contributed by atoms with Crippen LogP contribution in [0.2, 0.25) is 0 Å². The molecule has 5 rings (SSSR count). The van der Waals surface area contributed by atoms with Crippen molar-refractivity contribution in [2.45, 2.75) is 63.1 Å². The van der Waals surface area contributed by atoms with Gasteiger partial charge in [-0.1, -0.05) is 31.6 Å². The number of alkyl halides is 1. The summed E-state index contributed by atoms with van der Waals surface area (Å²) in [7, 11) is -4.52. The van der Waals surface area contributed by atoms with Crippen LogP contribution in [-0.4, -0.2) is 54.0 Å². The Balaban J connectivity index is 1.37. The number of aliphatic hydroxyl groups is 1. The highest BCUT2D eigenvalue weighted by atomic mass is 32.2. The first-order valence-corrected chi connectivity index (χ1v) is 14.7. The van der Waals surface area contributed by atoms with Gasteiger partial charge in [0.1, 0.15) is 0 Å². The van der Waals surface area contributed by atoms with Gasteiger partial charge in [-0.05, 0) is 80.2 Å². The summed E-state index contributed by atoms with van der Waals surface area (Å²) < 4.78 is 54.5. The Morgan fingerprint density at radius 2 is 1.92 bits per heavy atom. The third-order valence-corrected chi connectivity index (χ3v) is 10.9. The largest absolute Gasteiger partial charge is 0.454 e. The van der Waals surface area contributed by atoms with Gasteiger partial charge in [-0.15, -0.1) is 0 Å². The molecule has 0 amide bonds. The molecule has 4 aliphatic rings. The molecule has 0 aliphatic heterocycles. The summed E-state index contributed by atoms with van der Waals surface area (Å²) in [5.41, 5.74) is -3.25. The maximum atomic E-state index is 17.2. The van der Waals surface area contributed by atoms with Gasteiger partial charge in [-0.25, -0.2) is 9.18 Å². The van der Waals surface area contributed by atoms with E-state index in [0.717, 1.165) is 12.1 Å². The highest BCUT2D eigenvalue weighted by Crippen LogP contribution is 2.69. The number of halogens is 1. The van der Waals surface area contributed by atoms with Crippen molar-refractivity contribution < 1.29 is 41.6 Å². The molecule has 0 saturated heterocycles. The van der Waals surface area contributed by atoms with Crippen LogP contribution in [-0.2, 0) is 24.4 Å². The van der Waals surface area contributed by atoms with E-state index in [1.807, 2.05) is 13.8 Å². The molecule has 2 N–H and O–H groups in total. The van der Waals surface area contributed by atoms with Crippen molar-refractivity contribution in [2.75, 3.05) is 6.61 Å². The molecule has 0 bridgehead atoms. The second kappa shape index (κ2) is 9.17. The quantitative estimate of drug-likeness (QED) is 0.409. The fourth-order valence-corrected chi connectivity index (χ4v) is 8.88. The first-order chi connectivity index (χ1) is 18.1. The van der Waals surface area contributed by atoms with Crippen LogP contribution in [0, 0.1) is 34.5 Å². The Morgan fingerprint density at radius 1 is 1.21 bits per heavy atom. The van der Waals surface area contributed by atoms with Gasteiger partial charge in [0.2, 0.25) is 0 Å². The number of carbonyl (C=O) groups excluding carboxylic acids is 3. The minimum Gasteiger partial charge on any atom is -0.454 e. The molecule has 1 aromatic carbocycles. The summed E-state index contributed by atoms with van der Waals surface area (Å²) in [6.07, 6.45) is 4.73. The van der Waals surface area contributed by atoms with Crippen molar-refractivity contribution in [3.63, 3.8) is 0 Å². The second-order valence-electron chi connectivity index (χ2n) is 12.1. The summed E-state index contributed by atoms with van der Waals surface area (Å²) in [5, 5.41) is 11.4. The molecule has 0 heterocycles. The third kappa shape index (κ3) is 4.14. The third-order valence-electron chi connectivity index (χ3n) is 10.0. The molecule has 0 radical (unpaired) electrons. The fraction of sp³-hybridized carbons (Fsp3) is 0.552. The van der Waals surface area contributed by atoms with Gasteiger partial charge in [-0.3, -0.25) is 14.1 Å². The van der Waals surface area contributed by atoms with Crippen LogP contribution in [0.1, 0.15) is 56.8 Å². The van der Waals surface area contributed by atoms with Gasteiger partial charge < -0.3 is 9.84 Å². The Kier molecular flexibility index (Phi) is 6.55. The zero-order chi connectivity index (χ0) is 28.5. The number of ketones is 2. The Bertz CT molecular complexity index is 1420. The molecule has 8 nitrogen and oxygen atoms in total. The molecule has 0 spiro atoms. The monoisotopic (exact) mass is 560 g/mol. The summed E-state index contributed by atoms with van der Waals surface area (Å²) in [6, 6.07) is 4.69. The Labute approximate surface area is 227 Å². The van der Waals surface area contributed by atoms with E-state index in [2.05, 4.69) is 0 Å². The predicted molar refractivity (Wildman–Crippen MR) is 138 cm³/mol. The number of allylic oxidation sites excluding steroid dienone is 4. The number of aliphatic hydroxyl groups excluding tert-OH is 1. The van der Waals surface area contributed by atoms with E-state index in [1.165, 1.54) is 24.3 Å². The van der Waals surface area contributed by atoms with Crippen molar-refractivity contribution >= 4 is 27.7 Å². The first-order valence-electron chi connectivity index (χ1n) is 13.2. The summed E-state index contributed by atoms with van der Waals surface area (Å²) in [4.78, 5) is 37.6. The number of Topliss-reactive ketones (excluding diaryl/α,β-unsaturated/α-hetero) is 1. The maximum Gasteiger partial charge on any atom is 0.338 e. The van der Waals surface area contributed by atoms with E-state index >= 15 is 4.39 Å². The Hall–Kier alpha value is -2.69. The number of carbonyl (C=O) groups is 3. The number of hydrogen-bond donors (Lipinski definition) is 2. The number of fused-ring (bicyclic) bond motifs is 5. The van der Waals surface area contributed by atoms with E-state index in [4.69, 9.17) is 4.74 Å². The lowest BCUT2D eigenvalue weighted by Crippen LogP contribution is -2.66. The minimum absolute atomic E-state index is 0.0560. The standard InChI is InChI=1S/C29H33FO8S/c1-16-11-22-21-8-7-18-13-19(31)9-10-28(18,3)29(21,30)24(33)14-27(22,2)25(16)23(32)15-38-26(34)17-5-4-6-20(12-17)39(35,36)37/h4-6,9-10,12-13,16,21-22,24-25,33H,7-8,11,14-15H2,1-3H3,(H,35,36,37)/t16-,21+,22+,24+,25-,27+,28+,29?/m1/s1. The molecule has 1 unspecified atom stereocenters. The molecular formula is C29H33FO8S. The van der Waals surface area contributed by atoms with Crippen LogP contribution < -0.4 is 0 Å². The van der Waals surface area contributed by atoms with Crippen LogP contribution in [0.15, 0.2) is 53.0 Å². The van der Waals surface area contributed by atoms with E-state index in [1.54, 1.807) is 13.0 Å². The lowest BCUT2D eigenvalue weighted by molar-refractivity contribution is -0.196. The van der Waals surface area contributed by atoms with Crippen molar-refractivity contribution in [3.05, 3.63) is 53.6 Å². The van der Waals surface area contributed by atoms with Gasteiger partial charge >= 0.3 is 5.97 Å². The zero-order valence-corrected chi connectivity index (χ0v) is 22.9. The van der Waals surface area contributed by atoms with Gasteiger partial charge in [-0.2, -0.15) is 8.42 Å². The van der Waals surface area contributed by atoms with E-state index < -0.39 is 62.0 Å². The number of hydrogen-bond acceptors (Lipinski definition) is 7. The van der Waals surface area contributed by atoms with Gasteiger partial charge in [0.15, 0.2) is 23.8 Å². The van der Waals surface area contributed by atoms with Crippen molar-refractivity contribution in [1.82, 2.24) is 0 Å². The average molecular weight is 561 g/mol. The van der Waals surface area contributed by atoms with Crippen LogP contribution >= 0.6 is 0 Å². The van der Waals surface area contributed by atoms with Crippen molar-refractivity contribution in [3.8, 4) is 0 Å². The van der Waals surface area contributed by atoms with E-state index in [-0.39, 0.29) is 35.4 Å². The van der Waals surface area contributed by atoms with Crippen LogP contribution in [0.25, 0.3) is 0 Å². The summed E-state index contributed by atoms with van der Waals surface area (Å²) >= 11 is 0. The summed E-state index contributed by atoms with van der Waals surface area (Å²) in [5.74, 6) is -2.86. The number of esters is 1. The highest BCUT2D eigenvalue weighted by molar-refractivity contribution is 7.85. The molecule has 4 aliphatic carbocycles. The van der Waals surface area contributed by atoms with Gasteiger partial charge in [0.05, 0.1) is 16.6 Å². The molecule has 8 atom stereocenters. The minimum atomic E-state index is -4.52. The number of benzene rings is 1. The highest BCUT2D eigenvalue weighted by Gasteiger charge is 2.71. The fourth-order valence-electron chi connectivity index (χ4n) is 8.36. The van der Waals surface area contributed by atoms with Gasteiger partial charge in [0.25, 0.3) is 10.1 Å². The average Bonchev–Trinajstić information content (AvgIpc) is 3.12. The molecule has 3 saturated carbocycles. The molecule has 1 aromatic rings. The molecule has 3 fully saturated rings. The SMILES string of the molecule is C[C@@H]1C[C@H]2[C@@H]3CCC4=CC(=O)C=C[C@]4(C)C3(F)[C@@H](O)C[C@]2(C)[C@H]1C(=O)COC(=O)c1cccc(S(=O)(=O)O)c1.